The number of amides is 2. The maximum Gasteiger partial charge on any atom is 0.326 e. The van der Waals surface area contributed by atoms with Crippen LogP contribution in [0.25, 0.3) is 0 Å². The minimum absolute atomic E-state index is 0.0500. The molecule has 0 aliphatic rings. The molecule has 2 aromatic carbocycles. The minimum Gasteiger partial charge on any atom is -0.508 e. The van der Waals surface area contributed by atoms with Crippen LogP contribution in [0.5, 0.6) is 5.75 Å². The van der Waals surface area contributed by atoms with Crippen LogP contribution in [0.3, 0.4) is 0 Å². The Kier molecular flexibility index (Phi) is 8.33. The first-order valence-corrected chi connectivity index (χ1v) is 9.32. The second-order valence-corrected chi connectivity index (χ2v) is 6.81. The number of benzene rings is 2. The average Bonchev–Trinajstić information content (AvgIpc) is 2.73. The number of aliphatic carboxylic acids is 1. The molecule has 3 atom stereocenters. The maximum absolute atomic E-state index is 12.4. The van der Waals surface area contributed by atoms with Gasteiger partial charge in [-0.05, 0) is 29.7 Å². The molecule has 2 aromatic rings. The highest BCUT2D eigenvalue weighted by Crippen LogP contribution is 2.11. The summed E-state index contributed by atoms with van der Waals surface area (Å²) in [5, 5.41) is 32.8. The zero-order valence-corrected chi connectivity index (χ0v) is 16.2. The van der Waals surface area contributed by atoms with Gasteiger partial charge in [0.25, 0.3) is 0 Å². The summed E-state index contributed by atoms with van der Waals surface area (Å²) in [5.74, 6) is -2.66. The van der Waals surface area contributed by atoms with Crippen molar-refractivity contribution >= 4 is 17.8 Å². The van der Waals surface area contributed by atoms with Gasteiger partial charge in [0.05, 0.1) is 12.6 Å². The molecule has 0 spiro atoms. The predicted molar refractivity (Wildman–Crippen MR) is 109 cm³/mol. The highest BCUT2D eigenvalue weighted by atomic mass is 16.4. The predicted octanol–water partition coefficient (Wildman–Crippen LogP) is -0.449. The number of carboxylic acids is 1. The van der Waals surface area contributed by atoms with E-state index in [0.29, 0.717) is 11.1 Å². The van der Waals surface area contributed by atoms with Crippen molar-refractivity contribution in [2.24, 2.45) is 5.73 Å². The Balaban J connectivity index is 1.95. The molecule has 9 nitrogen and oxygen atoms in total. The number of carbonyl (C=O) groups excluding carboxylic acids is 2. The Morgan fingerprint density at radius 2 is 1.40 bits per heavy atom. The lowest BCUT2D eigenvalue weighted by Crippen LogP contribution is -2.56. The van der Waals surface area contributed by atoms with Crippen LogP contribution in [0.2, 0.25) is 0 Å². The number of hydrogen-bond acceptors (Lipinski definition) is 6. The van der Waals surface area contributed by atoms with Gasteiger partial charge in [-0.1, -0.05) is 42.5 Å². The van der Waals surface area contributed by atoms with Crippen molar-refractivity contribution in [3.8, 4) is 5.75 Å². The lowest BCUT2D eigenvalue weighted by molar-refractivity contribution is -0.142. The second kappa shape index (κ2) is 10.9. The summed E-state index contributed by atoms with van der Waals surface area (Å²) in [6.07, 6.45) is 0.200. The van der Waals surface area contributed by atoms with Gasteiger partial charge in [-0.3, -0.25) is 9.59 Å². The first kappa shape index (κ1) is 22.9. The molecule has 0 unspecified atom stereocenters. The molecule has 0 aliphatic carbocycles. The first-order chi connectivity index (χ1) is 14.3. The quantitative estimate of drug-likeness (QED) is 0.306. The summed E-state index contributed by atoms with van der Waals surface area (Å²) >= 11 is 0. The third kappa shape index (κ3) is 6.87. The SMILES string of the molecule is N[C@@H](Cc1ccc(O)cc1)C(=O)N[C@H](CO)C(=O)N[C@@H](Cc1ccccc1)C(=O)O. The van der Waals surface area contributed by atoms with Crippen molar-refractivity contribution in [3.63, 3.8) is 0 Å². The van der Waals surface area contributed by atoms with E-state index in [9.17, 15) is 29.7 Å². The molecule has 0 radical (unpaired) electrons. The smallest absolute Gasteiger partial charge is 0.326 e. The van der Waals surface area contributed by atoms with E-state index >= 15 is 0 Å². The van der Waals surface area contributed by atoms with Crippen molar-refractivity contribution in [2.75, 3.05) is 6.61 Å². The van der Waals surface area contributed by atoms with Crippen LogP contribution in [0.4, 0.5) is 0 Å². The van der Waals surface area contributed by atoms with Crippen LogP contribution in [0, 0.1) is 0 Å². The molecule has 0 heterocycles. The van der Waals surface area contributed by atoms with Gasteiger partial charge >= 0.3 is 5.97 Å². The molecule has 2 amide bonds. The molecule has 0 fully saturated rings. The summed E-state index contributed by atoms with van der Waals surface area (Å²) in [4.78, 5) is 36.2. The zero-order chi connectivity index (χ0) is 22.1. The molecule has 0 saturated carbocycles. The summed E-state index contributed by atoms with van der Waals surface area (Å²) in [6, 6.07) is 11.3. The van der Waals surface area contributed by atoms with E-state index in [1.807, 2.05) is 0 Å². The van der Waals surface area contributed by atoms with Gasteiger partial charge in [-0.15, -0.1) is 0 Å². The molecule has 0 saturated heterocycles. The first-order valence-electron chi connectivity index (χ1n) is 9.32. The molecule has 30 heavy (non-hydrogen) atoms. The molecular weight excluding hydrogens is 390 g/mol. The largest absolute Gasteiger partial charge is 0.508 e. The lowest BCUT2D eigenvalue weighted by Gasteiger charge is -2.21. The molecule has 9 heteroatoms. The molecule has 0 bridgehead atoms. The van der Waals surface area contributed by atoms with Crippen molar-refractivity contribution < 1.29 is 29.7 Å². The van der Waals surface area contributed by atoms with E-state index in [-0.39, 0.29) is 18.6 Å². The molecule has 0 aromatic heterocycles. The normalized spacial score (nSPS) is 13.7. The highest BCUT2D eigenvalue weighted by molar-refractivity contribution is 5.92. The van der Waals surface area contributed by atoms with E-state index < -0.39 is 42.5 Å². The van der Waals surface area contributed by atoms with E-state index in [2.05, 4.69) is 10.6 Å². The topological polar surface area (TPSA) is 162 Å². The van der Waals surface area contributed by atoms with Crippen molar-refractivity contribution in [2.45, 2.75) is 31.0 Å². The average molecular weight is 415 g/mol. The van der Waals surface area contributed by atoms with Gasteiger partial charge in [-0.25, -0.2) is 4.79 Å². The zero-order valence-electron chi connectivity index (χ0n) is 16.2. The number of aromatic hydroxyl groups is 1. The fourth-order valence-corrected chi connectivity index (χ4v) is 2.77. The monoisotopic (exact) mass is 415 g/mol. The highest BCUT2D eigenvalue weighted by Gasteiger charge is 2.27. The number of carbonyl (C=O) groups is 3. The molecule has 7 N–H and O–H groups in total. The van der Waals surface area contributed by atoms with E-state index in [0.717, 1.165) is 0 Å². The summed E-state index contributed by atoms with van der Waals surface area (Å²) in [5.41, 5.74) is 7.28. The number of nitrogens with one attached hydrogen (secondary N) is 2. The number of carboxylic acid groups (broad SMARTS) is 1. The molecule has 2 rings (SSSR count). The minimum atomic E-state index is -1.35. The van der Waals surface area contributed by atoms with Crippen molar-refractivity contribution in [1.82, 2.24) is 10.6 Å². The number of aliphatic hydroxyl groups is 1. The van der Waals surface area contributed by atoms with Gasteiger partial charge in [-0.2, -0.15) is 0 Å². The number of phenols is 1. The number of hydrogen-bond donors (Lipinski definition) is 6. The number of rotatable bonds is 10. The fourth-order valence-electron chi connectivity index (χ4n) is 2.77. The van der Waals surface area contributed by atoms with Gasteiger partial charge in [0.2, 0.25) is 11.8 Å². The number of nitrogens with two attached hydrogens (primary N) is 1. The Bertz CT molecular complexity index is 857. The van der Waals surface area contributed by atoms with Crippen LogP contribution >= 0.6 is 0 Å². The van der Waals surface area contributed by atoms with Gasteiger partial charge in [0.15, 0.2) is 0 Å². The third-order valence-electron chi connectivity index (χ3n) is 4.44. The number of phenolic OH excluding ortho intramolecular Hbond substituents is 1. The number of aliphatic hydroxyl groups excluding tert-OH is 1. The van der Waals surface area contributed by atoms with Crippen molar-refractivity contribution in [1.29, 1.82) is 0 Å². The van der Waals surface area contributed by atoms with E-state index in [1.165, 1.54) is 12.1 Å². The Hall–Kier alpha value is -3.43. The Labute approximate surface area is 173 Å². The summed E-state index contributed by atoms with van der Waals surface area (Å²) in [7, 11) is 0. The van der Waals surface area contributed by atoms with Crippen LogP contribution in [0.1, 0.15) is 11.1 Å². The molecular formula is C21H25N3O6. The van der Waals surface area contributed by atoms with E-state index in [4.69, 9.17) is 5.73 Å². The van der Waals surface area contributed by atoms with Gasteiger partial charge in [0.1, 0.15) is 17.8 Å². The lowest BCUT2D eigenvalue weighted by atomic mass is 10.0. The summed E-state index contributed by atoms with van der Waals surface area (Å²) < 4.78 is 0. The van der Waals surface area contributed by atoms with E-state index in [1.54, 1.807) is 42.5 Å². The fraction of sp³-hybridized carbons (Fsp3) is 0.286. The van der Waals surface area contributed by atoms with Gasteiger partial charge in [0, 0.05) is 6.42 Å². The Morgan fingerprint density at radius 3 is 1.97 bits per heavy atom. The van der Waals surface area contributed by atoms with Crippen molar-refractivity contribution in [3.05, 3.63) is 65.7 Å². The van der Waals surface area contributed by atoms with Gasteiger partial charge < -0.3 is 31.7 Å². The maximum atomic E-state index is 12.4. The summed E-state index contributed by atoms with van der Waals surface area (Å²) in [6.45, 7) is -0.721. The van der Waals surface area contributed by atoms with Crippen LogP contribution in [0.15, 0.2) is 54.6 Å². The second-order valence-electron chi connectivity index (χ2n) is 6.81. The molecule has 160 valence electrons. The van der Waals surface area contributed by atoms with Crippen LogP contribution < -0.4 is 16.4 Å². The van der Waals surface area contributed by atoms with Crippen LogP contribution in [-0.4, -0.2) is 57.8 Å². The third-order valence-corrected chi connectivity index (χ3v) is 4.44. The molecule has 0 aliphatic heterocycles. The Morgan fingerprint density at radius 1 is 0.833 bits per heavy atom. The standard InChI is InChI=1S/C21H25N3O6/c22-16(10-14-6-8-15(26)9-7-14)19(27)24-18(12-25)20(28)23-17(21(29)30)11-13-4-2-1-3-5-13/h1-9,16-18,25-26H,10-12,22H2,(H,23,28)(H,24,27)(H,29,30)/t16-,17-,18+/m0/s1. The van der Waals surface area contributed by atoms with Crippen LogP contribution in [-0.2, 0) is 27.2 Å².